The van der Waals surface area contributed by atoms with Gasteiger partial charge in [0.15, 0.2) is 0 Å². The lowest BCUT2D eigenvalue weighted by Gasteiger charge is -2.30. The van der Waals surface area contributed by atoms with Crippen LogP contribution in [0.1, 0.15) is 58.3 Å². The van der Waals surface area contributed by atoms with Crippen LogP contribution < -0.4 is 0 Å². The van der Waals surface area contributed by atoms with Crippen LogP contribution in [0, 0.1) is 5.92 Å². The van der Waals surface area contributed by atoms with Gasteiger partial charge in [0.1, 0.15) is 0 Å². The van der Waals surface area contributed by atoms with Crippen molar-refractivity contribution in [2.75, 3.05) is 19.3 Å². The SMILES string of the molecule is CCCC(CS)CN(C)C1CCCCCC1. The van der Waals surface area contributed by atoms with Gasteiger partial charge in [0.25, 0.3) is 0 Å². The van der Waals surface area contributed by atoms with Crippen molar-refractivity contribution in [3.8, 4) is 0 Å². The Bertz CT molecular complexity index is 164. The van der Waals surface area contributed by atoms with E-state index >= 15 is 0 Å². The number of thiol groups is 1. The van der Waals surface area contributed by atoms with Crippen LogP contribution in [0.2, 0.25) is 0 Å². The van der Waals surface area contributed by atoms with Gasteiger partial charge in [0, 0.05) is 12.6 Å². The van der Waals surface area contributed by atoms with Crippen molar-refractivity contribution < 1.29 is 0 Å². The zero-order valence-corrected chi connectivity index (χ0v) is 12.0. The quantitative estimate of drug-likeness (QED) is 0.545. The van der Waals surface area contributed by atoms with Gasteiger partial charge in [-0.1, -0.05) is 39.0 Å². The zero-order valence-electron chi connectivity index (χ0n) is 11.1. The summed E-state index contributed by atoms with van der Waals surface area (Å²) in [4.78, 5) is 2.61. The molecule has 16 heavy (non-hydrogen) atoms. The fourth-order valence-electron chi connectivity index (χ4n) is 2.90. The molecule has 1 nitrogen and oxygen atoms in total. The molecule has 96 valence electrons. The number of nitrogens with zero attached hydrogens (tertiary/aromatic N) is 1. The van der Waals surface area contributed by atoms with Crippen LogP contribution >= 0.6 is 12.6 Å². The predicted molar refractivity (Wildman–Crippen MR) is 76.4 cm³/mol. The van der Waals surface area contributed by atoms with E-state index in [0.717, 1.165) is 17.7 Å². The maximum atomic E-state index is 4.48. The van der Waals surface area contributed by atoms with Gasteiger partial charge in [-0.25, -0.2) is 0 Å². The summed E-state index contributed by atoms with van der Waals surface area (Å²) in [5, 5.41) is 0. The average Bonchev–Trinajstić information content (AvgIpc) is 2.56. The molecule has 0 heterocycles. The smallest absolute Gasteiger partial charge is 0.00923 e. The Hall–Kier alpha value is 0.310. The molecule has 0 aromatic carbocycles. The van der Waals surface area contributed by atoms with Gasteiger partial charge in [-0.2, -0.15) is 12.6 Å². The van der Waals surface area contributed by atoms with E-state index in [4.69, 9.17) is 0 Å². The molecule has 1 saturated carbocycles. The van der Waals surface area contributed by atoms with Crippen LogP contribution in [-0.4, -0.2) is 30.3 Å². The van der Waals surface area contributed by atoms with Gasteiger partial charge >= 0.3 is 0 Å². The summed E-state index contributed by atoms with van der Waals surface area (Å²) in [5.41, 5.74) is 0. The minimum Gasteiger partial charge on any atom is -0.303 e. The second kappa shape index (κ2) is 8.41. The monoisotopic (exact) mass is 243 g/mol. The molecule has 1 atom stereocenters. The van der Waals surface area contributed by atoms with Gasteiger partial charge in [-0.3, -0.25) is 0 Å². The largest absolute Gasteiger partial charge is 0.303 e. The van der Waals surface area contributed by atoms with E-state index in [1.54, 1.807) is 0 Å². The van der Waals surface area contributed by atoms with Crippen molar-refractivity contribution in [2.24, 2.45) is 5.92 Å². The first kappa shape index (κ1) is 14.4. The van der Waals surface area contributed by atoms with Crippen LogP contribution in [0.25, 0.3) is 0 Å². The summed E-state index contributed by atoms with van der Waals surface area (Å²) in [5.74, 6) is 1.84. The summed E-state index contributed by atoms with van der Waals surface area (Å²) >= 11 is 4.48. The van der Waals surface area contributed by atoms with E-state index in [0.29, 0.717) is 0 Å². The first-order valence-corrected chi connectivity index (χ1v) is 7.72. The molecule has 1 rings (SSSR count). The molecular weight excluding hydrogens is 214 g/mol. The molecule has 1 unspecified atom stereocenters. The Morgan fingerprint density at radius 3 is 2.31 bits per heavy atom. The molecule has 0 bridgehead atoms. The molecule has 0 aromatic rings. The molecule has 0 aromatic heterocycles. The second-order valence-electron chi connectivity index (χ2n) is 5.42. The lowest BCUT2D eigenvalue weighted by atomic mass is 10.0. The van der Waals surface area contributed by atoms with Gasteiger partial charge in [0.2, 0.25) is 0 Å². The van der Waals surface area contributed by atoms with Gasteiger partial charge < -0.3 is 4.90 Å². The maximum absolute atomic E-state index is 4.48. The normalized spacial score (nSPS) is 21.0. The summed E-state index contributed by atoms with van der Waals surface area (Å²) < 4.78 is 0. The maximum Gasteiger partial charge on any atom is 0.00923 e. The third-order valence-corrected chi connectivity index (χ3v) is 4.47. The molecule has 0 aliphatic heterocycles. The molecule has 0 amide bonds. The minimum atomic E-state index is 0.793. The molecule has 2 heteroatoms. The van der Waals surface area contributed by atoms with Crippen molar-refractivity contribution in [1.29, 1.82) is 0 Å². The van der Waals surface area contributed by atoms with Gasteiger partial charge in [-0.05, 0) is 38.0 Å². The molecule has 0 saturated heterocycles. The van der Waals surface area contributed by atoms with Crippen LogP contribution in [-0.2, 0) is 0 Å². The van der Waals surface area contributed by atoms with E-state index in [2.05, 4.69) is 31.5 Å². The Balaban J connectivity index is 2.33. The minimum absolute atomic E-state index is 0.793. The van der Waals surface area contributed by atoms with Gasteiger partial charge in [0.05, 0.1) is 0 Å². The van der Waals surface area contributed by atoms with Crippen LogP contribution in [0.15, 0.2) is 0 Å². The van der Waals surface area contributed by atoms with Crippen molar-refractivity contribution >= 4 is 12.6 Å². The molecule has 0 radical (unpaired) electrons. The summed E-state index contributed by atoms with van der Waals surface area (Å²) in [6.07, 6.45) is 11.3. The van der Waals surface area contributed by atoms with E-state index in [-0.39, 0.29) is 0 Å². The Labute approximate surface area is 107 Å². The highest BCUT2D eigenvalue weighted by atomic mass is 32.1. The Morgan fingerprint density at radius 2 is 1.81 bits per heavy atom. The third-order valence-electron chi connectivity index (χ3n) is 3.95. The average molecular weight is 243 g/mol. The molecule has 1 aliphatic carbocycles. The van der Waals surface area contributed by atoms with Crippen LogP contribution in [0.4, 0.5) is 0 Å². The number of hydrogen-bond donors (Lipinski definition) is 1. The van der Waals surface area contributed by atoms with E-state index in [1.165, 1.54) is 57.9 Å². The standard InChI is InChI=1S/C14H29NS/c1-3-8-13(12-16)11-15(2)14-9-6-4-5-7-10-14/h13-14,16H,3-12H2,1-2H3. The first-order valence-electron chi connectivity index (χ1n) is 7.09. The summed E-state index contributed by atoms with van der Waals surface area (Å²) in [6.45, 7) is 3.53. The topological polar surface area (TPSA) is 3.24 Å². The van der Waals surface area contributed by atoms with Crippen molar-refractivity contribution in [3.05, 3.63) is 0 Å². The first-order chi connectivity index (χ1) is 7.77. The number of rotatable bonds is 6. The summed E-state index contributed by atoms with van der Waals surface area (Å²) in [6, 6.07) is 0.849. The van der Waals surface area contributed by atoms with Gasteiger partial charge in [-0.15, -0.1) is 0 Å². The van der Waals surface area contributed by atoms with E-state index < -0.39 is 0 Å². The Kier molecular flexibility index (Phi) is 7.55. The van der Waals surface area contributed by atoms with Crippen molar-refractivity contribution in [3.63, 3.8) is 0 Å². The van der Waals surface area contributed by atoms with Crippen LogP contribution in [0.5, 0.6) is 0 Å². The summed E-state index contributed by atoms with van der Waals surface area (Å²) in [7, 11) is 2.32. The molecule has 1 fully saturated rings. The highest BCUT2D eigenvalue weighted by Crippen LogP contribution is 2.22. The molecule has 0 N–H and O–H groups in total. The third kappa shape index (κ3) is 5.09. The lowest BCUT2D eigenvalue weighted by Crippen LogP contribution is -2.35. The highest BCUT2D eigenvalue weighted by molar-refractivity contribution is 7.80. The van der Waals surface area contributed by atoms with Crippen molar-refractivity contribution in [2.45, 2.75) is 64.3 Å². The predicted octanol–water partition coefficient (Wildman–Crippen LogP) is 3.99. The Morgan fingerprint density at radius 1 is 1.19 bits per heavy atom. The van der Waals surface area contributed by atoms with E-state index in [9.17, 15) is 0 Å². The fourth-order valence-corrected chi connectivity index (χ4v) is 3.20. The van der Waals surface area contributed by atoms with Crippen molar-refractivity contribution in [1.82, 2.24) is 4.90 Å². The second-order valence-corrected chi connectivity index (χ2v) is 5.79. The lowest BCUT2D eigenvalue weighted by molar-refractivity contribution is 0.191. The van der Waals surface area contributed by atoms with E-state index in [1.807, 2.05) is 0 Å². The zero-order chi connectivity index (χ0) is 11.8. The molecule has 1 aliphatic rings. The molecular formula is C14H29NS. The number of hydrogen-bond acceptors (Lipinski definition) is 2. The van der Waals surface area contributed by atoms with Crippen LogP contribution in [0.3, 0.4) is 0 Å². The fraction of sp³-hybridized carbons (Fsp3) is 1.00. The molecule has 0 spiro atoms. The highest BCUT2D eigenvalue weighted by Gasteiger charge is 2.19.